The number of nitrogens with zero attached hydrogens (tertiary/aromatic N) is 4. The number of amides is 1. The smallest absolute Gasteiger partial charge is 0.252 e. The average molecular weight is 441 g/mol. The van der Waals surface area contributed by atoms with Gasteiger partial charge in [0.25, 0.3) is 5.91 Å². The number of aliphatic hydroxyl groups excluding tert-OH is 2. The van der Waals surface area contributed by atoms with Crippen molar-refractivity contribution in [2.75, 3.05) is 5.32 Å². The van der Waals surface area contributed by atoms with Crippen molar-refractivity contribution in [1.82, 2.24) is 24.8 Å². The maximum absolute atomic E-state index is 12.6. The number of nitrogens with one attached hydrogen (secondary N) is 2. The molecule has 3 aromatic rings. The summed E-state index contributed by atoms with van der Waals surface area (Å²) >= 11 is 0. The van der Waals surface area contributed by atoms with Crippen molar-refractivity contribution in [2.45, 2.75) is 63.8 Å². The Balaban J connectivity index is 1.52. The van der Waals surface area contributed by atoms with Crippen LogP contribution in [0.5, 0.6) is 0 Å². The summed E-state index contributed by atoms with van der Waals surface area (Å²) in [6, 6.07) is 9.65. The van der Waals surface area contributed by atoms with Crippen molar-refractivity contribution in [1.29, 1.82) is 0 Å². The lowest BCUT2D eigenvalue weighted by molar-refractivity contribution is -0.137. The lowest BCUT2D eigenvalue weighted by atomic mass is 10.1. The number of fused-ring (bicyclic) bond motifs is 1. The van der Waals surface area contributed by atoms with E-state index in [9.17, 15) is 15.0 Å². The predicted octanol–water partition coefficient (Wildman–Crippen LogP) is 1.36. The number of imidazole rings is 1. The van der Waals surface area contributed by atoms with Crippen LogP contribution >= 0.6 is 0 Å². The largest absolute Gasteiger partial charge is 0.387 e. The minimum Gasteiger partial charge on any atom is -0.387 e. The molecule has 1 saturated heterocycles. The molecule has 10 heteroatoms. The van der Waals surface area contributed by atoms with Gasteiger partial charge in [-0.3, -0.25) is 9.36 Å². The first kappa shape index (κ1) is 22.1. The van der Waals surface area contributed by atoms with Gasteiger partial charge in [-0.15, -0.1) is 0 Å². The SMILES string of the molecule is CCC(CC)Nc1ncnc2c1ncn2C1O[C@H](C(=O)NCc2ccccc2)[C@@H](O)[C@H]1O. The highest BCUT2D eigenvalue weighted by molar-refractivity contribution is 5.83. The summed E-state index contributed by atoms with van der Waals surface area (Å²) in [7, 11) is 0. The van der Waals surface area contributed by atoms with Gasteiger partial charge in [-0.25, -0.2) is 15.0 Å². The Hall–Kier alpha value is -3.08. The highest BCUT2D eigenvalue weighted by atomic mass is 16.6. The summed E-state index contributed by atoms with van der Waals surface area (Å²) in [6.45, 7) is 4.47. The van der Waals surface area contributed by atoms with Gasteiger partial charge in [0, 0.05) is 12.6 Å². The molecule has 1 aromatic carbocycles. The van der Waals surface area contributed by atoms with Gasteiger partial charge < -0.3 is 25.6 Å². The average Bonchev–Trinajstić information content (AvgIpc) is 3.38. The molecule has 170 valence electrons. The monoisotopic (exact) mass is 440 g/mol. The molecular weight excluding hydrogens is 412 g/mol. The van der Waals surface area contributed by atoms with Crippen molar-refractivity contribution in [3.8, 4) is 0 Å². The van der Waals surface area contributed by atoms with Crippen LogP contribution in [0.1, 0.15) is 38.5 Å². The number of benzene rings is 1. The van der Waals surface area contributed by atoms with Crippen LogP contribution in [0, 0.1) is 0 Å². The number of carbonyl (C=O) groups is 1. The summed E-state index contributed by atoms with van der Waals surface area (Å²) < 4.78 is 7.30. The highest BCUT2D eigenvalue weighted by Crippen LogP contribution is 2.32. The summed E-state index contributed by atoms with van der Waals surface area (Å²) in [6.07, 6.45) is -0.214. The van der Waals surface area contributed by atoms with Crippen LogP contribution in [0.25, 0.3) is 11.2 Å². The molecule has 2 aromatic heterocycles. The Kier molecular flexibility index (Phi) is 6.63. The van der Waals surface area contributed by atoms with Crippen LogP contribution in [0.3, 0.4) is 0 Å². The molecule has 10 nitrogen and oxygen atoms in total. The maximum Gasteiger partial charge on any atom is 0.252 e. The third-order valence-corrected chi connectivity index (χ3v) is 5.77. The van der Waals surface area contributed by atoms with Gasteiger partial charge in [-0.05, 0) is 18.4 Å². The van der Waals surface area contributed by atoms with Crippen LogP contribution in [-0.4, -0.2) is 60.0 Å². The lowest BCUT2D eigenvalue weighted by Gasteiger charge is -2.17. The number of rotatable bonds is 8. The quantitative estimate of drug-likeness (QED) is 0.413. The van der Waals surface area contributed by atoms with Gasteiger partial charge in [-0.1, -0.05) is 44.2 Å². The van der Waals surface area contributed by atoms with Gasteiger partial charge in [0.15, 0.2) is 29.3 Å². The van der Waals surface area contributed by atoms with E-state index in [1.807, 2.05) is 30.3 Å². The number of ether oxygens (including phenoxy) is 1. The molecule has 4 atom stereocenters. The number of aliphatic hydroxyl groups is 2. The molecule has 0 aliphatic carbocycles. The number of aromatic nitrogens is 4. The van der Waals surface area contributed by atoms with E-state index in [2.05, 4.69) is 39.4 Å². The van der Waals surface area contributed by atoms with Crippen molar-refractivity contribution < 1.29 is 19.7 Å². The van der Waals surface area contributed by atoms with Crippen LogP contribution in [-0.2, 0) is 16.1 Å². The fraction of sp³-hybridized carbons (Fsp3) is 0.455. The van der Waals surface area contributed by atoms with Crippen LogP contribution in [0.15, 0.2) is 43.0 Å². The molecule has 1 aliphatic heterocycles. The molecule has 1 unspecified atom stereocenters. The Morgan fingerprint density at radius 3 is 2.59 bits per heavy atom. The molecule has 1 fully saturated rings. The van der Waals surface area contributed by atoms with E-state index in [1.165, 1.54) is 17.2 Å². The van der Waals surface area contributed by atoms with E-state index in [1.54, 1.807) is 0 Å². The maximum atomic E-state index is 12.6. The fourth-order valence-electron chi connectivity index (χ4n) is 3.82. The number of hydrogen-bond donors (Lipinski definition) is 4. The van der Waals surface area contributed by atoms with Gasteiger partial charge in [0.05, 0.1) is 6.33 Å². The zero-order chi connectivity index (χ0) is 22.7. The minimum atomic E-state index is -1.39. The number of carbonyl (C=O) groups excluding carboxylic acids is 1. The fourth-order valence-corrected chi connectivity index (χ4v) is 3.82. The zero-order valence-corrected chi connectivity index (χ0v) is 18.0. The molecular formula is C22H28N6O4. The summed E-state index contributed by atoms with van der Waals surface area (Å²) in [5.41, 5.74) is 1.89. The topological polar surface area (TPSA) is 134 Å². The van der Waals surface area contributed by atoms with Crippen LogP contribution < -0.4 is 10.6 Å². The van der Waals surface area contributed by atoms with E-state index in [4.69, 9.17) is 4.74 Å². The first-order valence-corrected chi connectivity index (χ1v) is 10.8. The molecule has 1 aliphatic rings. The highest BCUT2D eigenvalue weighted by Gasteiger charge is 2.47. The predicted molar refractivity (Wildman–Crippen MR) is 118 cm³/mol. The molecule has 1 amide bonds. The normalized spacial score (nSPS) is 23.0. The van der Waals surface area contributed by atoms with Crippen molar-refractivity contribution in [3.63, 3.8) is 0 Å². The molecule has 0 bridgehead atoms. The molecule has 4 rings (SSSR count). The van der Waals surface area contributed by atoms with Gasteiger partial charge in [0.2, 0.25) is 0 Å². The van der Waals surface area contributed by atoms with Crippen molar-refractivity contribution in [3.05, 3.63) is 48.5 Å². The molecule has 3 heterocycles. The van der Waals surface area contributed by atoms with Crippen LogP contribution in [0.2, 0.25) is 0 Å². The third-order valence-electron chi connectivity index (χ3n) is 5.77. The Morgan fingerprint density at radius 1 is 1.12 bits per heavy atom. The first-order valence-electron chi connectivity index (χ1n) is 10.8. The summed E-state index contributed by atoms with van der Waals surface area (Å²) in [5, 5.41) is 27.2. The second kappa shape index (κ2) is 9.60. The molecule has 0 saturated carbocycles. The second-order valence-electron chi connectivity index (χ2n) is 7.84. The Labute approximate surface area is 185 Å². The Morgan fingerprint density at radius 2 is 1.88 bits per heavy atom. The summed E-state index contributed by atoms with van der Waals surface area (Å²) in [4.78, 5) is 25.6. The van der Waals surface area contributed by atoms with E-state index >= 15 is 0 Å². The van der Waals surface area contributed by atoms with Crippen LogP contribution in [0.4, 0.5) is 5.82 Å². The van der Waals surface area contributed by atoms with Gasteiger partial charge in [0.1, 0.15) is 18.5 Å². The zero-order valence-electron chi connectivity index (χ0n) is 18.0. The van der Waals surface area contributed by atoms with E-state index in [0.717, 1.165) is 18.4 Å². The molecule has 0 spiro atoms. The second-order valence-corrected chi connectivity index (χ2v) is 7.84. The van der Waals surface area contributed by atoms with Gasteiger partial charge >= 0.3 is 0 Å². The Bertz CT molecular complexity index is 1060. The van der Waals surface area contributed by atoms with E-state index in [-0.39, 0.29) is 6.04 Å². The van der Waals surface area contributed by atoms with E-state index < -0.39 is 30.4 Å². The van der Waals surface area contributed by atoms with Crippen molar-refractivity contribution >= 4 is 22.9 Å². The standard InChI is InChI=1S/C22H28N6O4/c1-3-14(4-2)27-19-15-20(25-11-24-19)28(12-26-15)22-17(30)16(29)18(32-22)21(31)23-10-13-8-6-5-7-9-13/h5-9,11-12,14,16-18,22,29-30H,3-4,10H2,1-2H3,(H,23,31)(H,24,25,27)/t16-,17+,18-,22?/m0/s1. The molecule has 32 heavy (non-hydrogen) atoms. The van der Waals surface area contributed by atoms with Gasteiger partial charge in [-0.2, -0.15) is 0 Å². The van der Waals surface area contributed by atoms with Crippen molar-refractivity contribution in [2.24, 2.45) is 0 Å². The third kappa shape index (κ3) is 4.29. The molecule has 4 N–H and O–H groups in total. The molecule has 0 radical (unpaired) electrons. The lowest BCUT2D eigenvalue weighted by Crippen LogP contribution is -2.42. The summed E-state index contributed by atoms with van der Waals surface area (Å²) in [5.74, 6) is 0.0886. The van der Waals surface area contributed by atoms with E-state index in [0.29, 0.717) is 23.5 Å². The number of hydrogen-bond acceptors (Lipinski definition) is 8. The number of anilines is 1. The minimum absolute atomic E-state index is 0.242. The first-order chi connectivity index (χ1) is 15.5.